The highest BCUT2D eigenvalue weighted by molar-refractivity contribution is 5.97. The van der Waals surface area contributed by atoms with Crippen LogP contribution in [0.1, 0.15) is 24.1 Å². The Bertz CT molecular complexity index is 722. The summed E-state index contributed by atoms with van der Waals surface area (Å²) < 4.78 is 13.9. The third-order valence-electron chi connectivity index (χ3n) is 3.76. The number of nitrogens with zero attached hydrogens (tertiary/aromatic N) is 1. The van der Waals surface area contributed by atoms with Crippen LogP contribution in [0.5, 0.6) is 0 Å². The lowest BCUT2D eigenvalue weighted by Gasteiger charge is -2.27. The van der Waals surface area contributed by atoms with Gasteiger partial charge in [-0.05, 0) is 25.6 Å². The number of rotatable bonds is 6. The highest BCUT2D eigenvalue weighted by atomic mass is 19.1. The molecule has 5 nitrogen and oxygen atoms in total. The van der Waals surface area contributed by atoms with Gasteiger partial charge in [-0.2, -0.15) is 0 Å². The Hall–Kier alpha value is -2.73. The fourth-order valence-corrected chi connectivity index (χ4v) is 2.61. The highest BCUT2D eigenvalue weighted by Gasteiger charge is 2.27. The van der Waals surface area contributed by atoms with E-state index in [1.807, 2.05) is 18.2 Å². The Labute approximate surface area is 146 Å². The van der Waals surface area contributed by atoms with Gasteiger partial charge in [0.1, 0.15) is 11.9 Å². The second kappa shape index (κ2) is 8.94. The average Bonchev–Trinajstić information content (AvgIpc) is 2.58. The molecule has 0 bridgehead atoms. The van der Waals surface area contributed by atoms with Crippen molar-refractivity contribution in [1.29, 1.82) is 0 Å². The monoisotopic (exact) mass is 343 g/mol. The van der Waals surface area contributed by atoms with Crippen molar-refractivity contribution in [3.8, 4) is 0 Å². The van der Waals surface area contributed by atoms with Gasteiger partial charge in [-0.15, -0.1) is 0 Å². The van der Waals surface area contributed by atoms with Crippen LogP contribution < -0.4 is 10.6 Å². The summed E-state index contributed by atoms with van der Waals surface area (Å²) >= 11 is 0. The van der Waals surface area contributed by atoms with E-state index >= 15 is 0 Å². The first-order valence-electron chi connectivity index (χ1n) is 8.10. The predicted molar refractivity (Wildman–Crippen MR) is 94.3 cm³/mol. The van der Waals surface area contributed by atoms with Crippen LogP contribution in [0.15, 0.2) is 54.6 Å². The minimum absolute atomic E-state index is 0.231. The Morgan fingerprint density at radius 3 is 2.36 bits per heavy atom. The number of imide groups is 1. The quantitative estimate of drug-likeness (QED) is 0.848. The number of halogens is 1. The van der Waals surface area contributed by atoms with Crippen molar-refractivity contribution in [2.45, 2.75) is 19.5 Å². The van der Waals surface area contributed by atoms with Gasteiger partial charge in [0, 0.05) is 18.7 Å². The van der Waals surface area contributed by atoms with Crippen molar-refractivity contribution >= 4 is 11.9 Å². The summed E-state index contributed by atoms with van der Waals surface area (Å²) in [6.45, 7) is 2.41. The molecule has 0 heterocycles. The first kappa shape index (κ1) is 18.6. The molecule has 2 rings (SSSR count). The number of carbonyl (C=O) groups is 2. The molecule has 2 aromatic rings. The number of likely N-dealkylation sites (N-methyl/N-ethyl adjacent to an activating group) is 1. The molecular formula is C19H22FN3O2. The standard InChI is InChI=1S/C19H22FN3O2/c1-3-21-19(25)22-18(24)17(14-9-5-4-6-10-14)23(2)13-15-11-7-8-12-16(15)20/h4-12,17H,3,13H2,1-2H3,(H2,21,22,24,25)/t17-/m0/s1. The molecule has 0 spiro atoms. The Balaban J connectivity index is 2.23. The number of hydrogen-bond acceptors (Lipinski definition) is 3. The number of benzene rings is 2. The molecule has 0 saturated heterocycles. The van der Waals surface area contributed by atoms with Crippen LogP contribution in [0.3, 0.4) is 0 Å². The van der Waals surface area contributed by atoms with Crippen molar-refractivity contribution in [1.82, 2.24) is 15.5 Å². The number of amides is 3. The molecule has 6 heteroatoms. The lowest BCUT2D eigenvalue weighted by atomic mass is 10.0. The van der Waals surface area contributed by atoms with Crippen LogP contribution in [-0.4, -0.2) is 30.4 Å². The maximum absolute atomic E-state index is 13.9. The van der Waals surface area contributed by atoms with Gasteiger partial charge in [-0.3, -0.25) is 15.0 Å². The smallest absolute Gasteiger partial charge is 0.321 e. The molecule has 0 fully saturated rings. The molecule has 2 N–H and O–H groups in total. The summed E-state index contributed by atoms with van der Waals surface area (Å²) in [7, 11) is 1.72. The van der Waals surface area contributed by atoms with Gasteiger partial charge in [0.05, 0.1) is 0 Å². The van der Waals surface area contributed by atoms with E-state index in [1.54, 1.807) is 49.2 Å². The summed E-state index contributed by atoms with van der Waals surface area (Å²) in [6.07, 6.45) is 0. The van der Waals surface area contributed by atoms with Crippen molar-refractivity contribution in [2.75, 3.05) is 13.6 Å². The summed E-state index contributed by atoms with van der Waals surface area (Å²) in [4.78, 5) is 26.1. The van der Waals surface area contributed by atoms with Crippen molar-refractivity contribution in [3.05, 3.63) is 71.5 Å². The molecule has 2 aromatic carbocycles. The van der Waals surface area contributed by atoms with Crippen LogP contribution in [0.4, 0.5) is 9.18 Å². The van der Waals surface area contributed by atoms with Gasteiger partial charge >= 0.3 is 6.03 Å². The first-order chi connectivity index (χ1) is 12.0. The van der Waals surface area contributed by atoms with E-state index in [-0.39, 0.29) is 12.4 Å². The molecule has 0 radical (unpaired) electrons. The van der Waals surface area contributed by atoms with Gasteiger partial charge < -0.3 is 5.32 Å². The van der Waals surface area contributed by atoms with E-state index in [9.17, 15) is 14.0 Å². The van der Waals surface area contributed by atoms with E-state index in [1.165, 1.54) is 6.07 Å². The van der Waals surface area contributed by atoms with Gasteiger partial charge in [-0.25, -0.2) is 9.18 Å². The van der Waals surface area contributed by atoms with Gasteiger partial charge in [-0.1, -0.05) is 48.5 Å². The molecular weight excluding hydrogens is 321 g/mol. The van der Waals surface area contributed by atoms with Gasteiger partial charge in [0.25, 0.3) is 0 Å². The molecule has 132 valence electrons. The van der Waals surface area contributed by atoms with Crippen molar-refractivity contribution in [3.63, 3.8) is 0 Å². The van der Waals surface area contributed by atoms with E-state index in [0.717, 1.165) is 5.56 Å². The van der Waals surface area contributed by atoms with Crippen LogP contribution in [-0.2, 0) is 11.3 Å². The molecule has 0 saturated carbocycles. The second-order valence-corrected chi connectivity index (χ2v) is 5.67. The topological polar surface area (TPSA) is 61.4 Å². The van der Waals surface area contributed by atoms with Crippen LogP contribution >= 0.6 is 0 Å². The summed E-state index contributed by atoms with van der Waals surface area (Å²) in [5.74, 6) is -0.790. The van der Waals surface area contributed by atoms with Gasteiger partial charge in [0.15, 0.2) is 0 Å². The Kier molecular flexibility index (Phi) is 6.65. The SMILES string of the molecule is CCNC(=O)NC(=O)[C@H](c1ccccc1)N(C)Cc1ccccc1F. The zero-order chi connectivity index (χ0) is 18.2. The fourth-order valence-electron chi connectivity index (χ4n) is 2.61. The average molecular weight is 343 g/mol. The number of hydrogen-bond donors (Lipinski definition) is 2. The predicted octanol–water partition coefficient (Wildman–Crippen LogP) is 2.84. The lowest BCUT2D eigenvalue weighted by molar-refractivity contribution is -0.125. The molecule has 0 unspecified atom stereocenters. The first-order valence-corrected chi connectivity index (χ1v) is 8.10. The Morgan fingerprint density at radius 1 is 1.08 bits per heavy atom. The summed E-state index contributed by atoms with van der Waals surface area (Å²) in [5.41, 5.74) is 1.21. The van der Waals surface area contributed by atoms with Crippen LogP contribution in [0, 0.1) is 5.82 Å². The summed E-state index contributed by atoms with van der Waals surface area (Å²) in [6, 6.07) is 14.3. The Morgan fingerprint density at radius 2 is 1.72 bits per heavy atom. The third-order valence-corrected chi connectivity index (χ3v) is 3.76. The third kappa shape index (κ3) is 5.12. The minimum atomic E-state index is -0.719. The van der Waals surface area contributed by atoms with E-state index < -0.39 is 18.0 Å². The second-order valence-electron chi connectivity index (χ2n) is 5.67. The molecule has 0 aliphatic rings. The van der Waals surface area contributed by atoms with E-state index in [0.29, 0.717) is 12.1 Å². The fraction of sp³-hybridized carbons (Fsp3) is 0.263. The zero-order valence-corrected chi connectivity index (χ0v) is 14.3. The number of urea groups is 1. The summed E-state index contributed by atoms with van der Waals surface area (Å²) in [5, 5.41) is 4.87. The molecule has 0 aliphatic carbocycles. The van der Waals surface area contributed by atoms with E-state index in [2.05, 4.69) is 10.6 Å². The molecule has 0 aromatic heterocycles. The largest absolute Gasteiger partial charge is 0.338 e. The van der Waals surface area contributed by atoms with Crippen molar-refractivity contribution in [2.24, 2.45) is 0 Å². The number of carbonyl (C=O) groups excluding carboxylic acids is 2. The van der Waals surface area contributed by atoms with Crippen LogP contribution in [0.2, 0.25) is 0 Å². The molecule has 1 atom stereocenters. The highest BCUT2D eigenvalue weighted by Crippen LogP contribution is 2.22. The lowest BCUT2D eigenvalue weighted by Crippen LogP contribution is -2.45. The minimum Gasteiger partial charge on any atom is -0.338 e. The molecule has 3 amide bonds. The van der Waals surface area contributed by atoms with Crippen LogP contribution in [0.25, 0.3) is 0 Å². The zero-order valence-electron chi connectivity index (χ0n) is 14.3. The molecule has 25 heavy (non-hydrogen) atoms. The van der Waals surface area contributed by atoms with Gasteiger partial charge in [0.2, 0.25) is 5.91 Å². The maximum atomic E-state index is 13.9. The van der Waals surface area contributed by atoms with Crippen molar-refractivity contribution < 1.29 is 14.0 Å². The normalized spacial score (nSPS) is 11.8. The maximum Gasteiger partial charge on any atom is 0.321 e. The number of nitrogens with one attached hydrogen (secondary N) is 2. The molecule has 0 aliphatic heterocycles. The van der Waals surface area contributed by atoms with E-state index in [4.69, 9.17) is 0 Å².